The fourth-order valence-electron chi connectivity index (χ4n) is 4.36. The highest BCUT2D eigenvalue weighted by Crippen LogP contribution is 2.30. The maximum atomic E-state index is 12.3. The van der Waals surface area contributed by atoms with Crippen molar-refractivity contribution >= 4 is 11.8 Å². The van der Waals surface area contributed by atoms with Gasteiger partial charge < -0.3 is 14.5 Å². The molecule has 0 unspecified atom stereocenters. The van der Waals surface area contributed by atoms with E-state index in [1.165, 1.54) is 6.42 Å². The van der Waals surface area contributed by atoms with Crippen LogP contribution in [0.3, 0.4) is 0 Å². The first-order valence-corrected chi connectivity index (χ1v) is 9.03. The minimum atomic E-state index is 0.198. The summed E-state index contributed by atoms with van der Waals surface area (Å²) < 4.78 is 5.30. The summed E-state index contributed by atoms with van der Waals surface area (Å²) in [6.45, 7) is 7.23. The Kier molecular flexibility index (Phi) is 5.54. The summed E-state index contributed by atoms with van der Waals surface area (Å²) in [5, 5.41) is 0. The summed E-state index contributed by atoms with van der Waals surface area (Å²) in [5.41, 5.74) is 0. The van der Waals surface area contributed by atoms with Crippen molar-refractivity contribution in [3.8, 4) is 0 Å². The maximum absolute atomic E-state index is 12.3. The number of hydrogen-bond donors (Lipinski definition) is 0. The van der Waals surface area contributed by atoms with E-state index in [-0.39, 0.29) is 11.8 Å². The van der Waals surface area contributed by atoms with E-state index >= 15 is 0 Å². The van der Waals surface area contributed by atoms with Gasteiger partial charge >= 0.3 is 0 Å². The standard InChI is InChI=1S/C17H29N3O3/c1-14(21)20-8-3-5-16(20)15-4-2-7-18(15)9-6-17(22)19-10-12-23-13-11-19/h15-16H,2-13H2,1H3/t15-,16-/m1/s1. The van der Waals surface area contributed by atoms with E-state index < -0.39 is 0 Å². The molecule has 3 rings (SSSR count). The first-order valence-electron chi connectivity index (χ1n) is 9.03. The minimum Gasteiger partial charge on any atom is -0.378 e. The van der Waals surface area contributed by atoms with Crippen LogP contribution in [0.4, 0.5) is 0 Å². The van der Waals surface area contributed by atoms with Gasteiger partial charge in [-0.25, -0.2) is 0 Å². The Morgan fingerprint density at radius 3 is 2.43 bits per heavy atom. The molecule has 6 nitrogen and oxygen atoms in total. The zero-order valence-corrected chi connectivity index (χ0v) is 14.2. The van der Waals surface area contributed by atoms with Crippen LogP contribution in [-0.2, 0) is 14.3 Å². The summed E-state index contributed by atoms with van der Waals surface area (Å²) in [6, 6.07) is 0.798. The lowest BCUT2D eigenvalue weighted by Crippen LogP contribution is -2.48. The number of carbonyl (C=O) groups excluding carboxylic acids is 2. The third-order valence-electron chi connectivity index (χ3n) is 5.54. The molecule has 2 atom stereocenters. The molecule has 0 aromatic carbocycles. The predicted octanol–water partition coefficient (Wildman–Crippen LogP) is 0.711. The van der Waals surface area contributed by atoms with E-state index in [9.17, 15) is 9.59 Å². The van der Waals surface area contributed by atoms with Crippen molar-refractivity contribution in [2.45, 2.75) is 51.1 Å². The van der Waals surface area contributed by atoms with Crippen LogP contribution < -0.4 is 0 Å². The van der Waals surface area contributed by atoms with Gasteiger partial charge in [-0.2, -0.15) is 0 Å². The zero-order chi connectivity index (χ0) is 16.2. The molecular formula is C17H29N3O3. The fraction of sp³-hybridized carbons (Fsp3) is 0.882. The van der Waals surface area contributed by atoms with Gasteiger partial charge in [-0.15, -0.1) is 0 Å². The normalized spacial score (nSPS) is 29.3. The van der Waals surface area contributed by atoms with Gasteiger partial charge in [0.05, 0.1) is 13.2 Å². The fourth-order valence-corrected chi connectivity index (χ4v) is 4.36. The van der Waals surface area contributed by atoms with E-state index in [0.29, 0.717) is 31.7 Å². The molecule has 130 valence electrons. The number of likely N-dealkylation sites (tertiary alicyclic amines) is 2. The van der Waals surface area contributed by atoms with Crippen LogP contribution in [0.5, 0.6) is 0 Å². The van der Waals surface area contributed by atoms with Crippen LogP contribution in [0.1, 0.15) is 39.0 Å². The van der Waals surface area contributed by atoms with Crippen molar-refractivity contribution < 1.29 is 14.3 Å². The summed E-state index contributed by atoms with van der Waals surface area (Å²) >= 11 is 0. The molecule has 2 amide bonds. The number of ether oxygens (including phenoxy) is 1. The molecule has 0 aromatic heterocycles. The molecule has 3 aliphatic heterocycles. The predicted molar refractivity (Wildman–Crippen MR) is 87.0 cm³/mol. The van der Waals surface area contributed by atoms with E-state index in [0.717, 1.165) is 52.0 Å². The van der Waals surface area contributed by atoms with Gasteiger partial charge in [0.2, 0.25) is 11.8 Å². The van der Waals surface area contributed by atoms with Crippen LogP contribution >= 0.6 is 0 Å². The molecule has 0 aliphatic carbocycles. The molecular weight excluding hydrogens is 294 g/mol. The van der Waals surface area contributed by atoms with E-state index in [2.05, 4.69) is 4.90 Å². The van der Waals surface area contributed by atoms with E-state index in [1.807, 2.05) is 9.80 Å². The maximum Gasteiger partial charge on any atom is 0.224 e. The van der Waals surface area contributed by atoms with Gasteiger partial charge in [-0.3, -0.25) is 14.5 Å². The summed E-state index contributed by atoms with van der Waals surface area (Å²) in [6.07, 6.45) is 5.14. The molecule has 23 heavy (non-hydrogen) atoms. The smallest absolute Gasteiger partial charge is 0.224 e. The van der Waals surface area contributed by atoms with Crippen molar-refractivity contribution in [3.05, 3.63) is 0 Å². The van der Waals surface area contributed by atoms with Crippen molar-refractivity contribution in [1.82, 2.24) is 14.7 Å². The highest BCUT2D eigenvalue weighted by atomic mass is 16.5. The van der Waals surface area contributed by atoms with Crippen LogP contribution in [0.15, 0.2) is 0 Å². The average molecular weight is 323 g/mol. The monoisotopic (exact) mass is 323 g/mol. The lowest BCUT2D eigenvalue weighted by molar-refractivity contribution is -0.136. The topological polar surface area (TPSA) is 53.1 Å². The average Bonchev–Trinajstić information content (AvgIpc) is 3.21. The van der Waals surface area contributed by atoms with Gasteiger partial charge in [-0.05, 0) is 32.2 Å². The summed E-state index contributed by atoms with van der Waals surface area (Å²) in [4.78, 5) is 30.6. The summed E-state index contributed by atoms with van der Waals surface area (Å²) in [5.74, 6) is 0.442. The molecule has 3 fully saturated rings. The van der Waals surface area contributed by atoms with Gasteiger partial charge in [0, 0.05) is 51.6 Å². The first kappa shape index (κ1) is 16.7. The SMILES string of the molecule is CC(=O)N1CCC[C@@H]1[C@H]1CCCN1CCC(=O)N1CCOCC1. The Bertz CT molecular complexity index is 437. The molecule has 0 bridgehead atoms. The zero-order valence-electron chi connectivity index (χ0n) is 14.2. The van der Waals surface area contributed by atoms with E-state index in [4.69, 9.17) is 4.74 Å². The quantitative estimate of drug-likeness (QED) is 0.765. The molecule has 0 saturated carbocycles. The van der Waals surface area contributed by atoms with Crippen molar-refractivity contribution in [3.63, 3.8) is 0 Å². The molecule has 0 spiro atoms. The Balaban J connectivity index is 1.52. The molecule has 0 aromatic rings. The van der Waals surface area contributed by atoms with Crippen LogP contribution in [-0.4, -0.2) is 84.5 Å². The second-order valence-electron chi connectivity index (χ2n) is 6.91. The Morgan fingerprint density at radius 1 is 1.00 bits per heavy atom. The second-order valence-corrected chi connectivity index (χ2v) is 6.91. The number of hydrogen-bond acceptors (Lipinski definition) is 4. The molecule has 6 heteroatoms. The van der Waals surface area contributed by atoms with Gasteiger partial charge in [0.1, 0.15) is 0 Å². The number of carbonyl (C=O) groups is 2. The molecule has 3 saturated heterocycles. The first-order chi connectivity index (χ1) is 11.2. The molecule has 0 N–H and O–H groups in total. The third-order valence-corrected chi connectivity index (χ3v) is 5.54. The van der Waals surface area contributed by atoms with Crippen LogP contribution in [0, 0.1) is 0 Å². The van der Waals surface area contributed by atoms with Crippen molar-refractivity contribution in [2.24, 2.45) is 0 Å². The molecule has 3 heterocycles. The molecule has 3 aliphatic rings. The highest BCUT2D eigenvalue weighted by Gasteiger charge is 2.38. The second kappa shape index (κ2) is 7.62. The Hall–Kier alpha value is -1.14. The van der Waals surface area contributed by atoms with E-state index in [1.54, 1.807) is 6.92 Å². The number of nitrogens with zero attached hydrogens (tertiary/aromatic N) is 3. The van der Waals surface area contributed by atoms with Gasteiger partial charge in [0.25, 0.3) is 0 Å². The summed E-state index contributed by atoms with van der Waals surface area (Å²) in [7, 11) is 0. The van der Waals surface area contributed by atoms with Crippen molar-refractivity contribution in [1.29, 1.82) is 0 Å². The highest BCUT2D eigenvalue weighted by molar-refractivity contribution is 5.76. The lowest BCUT2D eigenvalue weighted by Gasteiger charge is -2.35. The number of morpholine rings is 1. The number of rotatable bonds is 4. The van der Waals surface area contributed by atoms with Gasteiger partial charge in [0.15, 0.2) is 0 Å². The number of amides is 2. The lowest BCUT2D eigenvalue weighted by atomic mass is 10.0. The van der Waals surface area contributed by atoms with Crippen molar-refractivity contribution in [2.75, 3.05) is 45.9 Å². The van der Waals surface area contributed by atoms with Crippen LogP contribution in [0.2, 0.25) is 0 Å². The largest absolute Gasteiger partial charge is 0.378 e. The Labute approximate surface area is 138 Å². The molecule has 0 radical (unpaired) electrons. The Morgan fingerprint density at radius 2 is 1.70 bits per heavy atom. The van der Waals surface area contributed by atoms with Gasteiger partial charge in [-0.1, -0.05) is 0 Å². The minimum absolute atomic E-state index is 0.198. The van der Waals surface area contributed by atoms with Crippen LogP contribution in [0.25, 0.3) is 0 Å². The third kappa shape index (κ3) is 3.86.